The summed E-state index contributed by atoms with van der Waals surface area (Å²) in [7, 11) is 0. The topological polar surface area (TPSA) is 38.3 Å². The van der Waals surface area contributed by atoms with E-state index in [2.05, 4.69) is 5.32 Å². The molecule has 2 aromatic carbocycles. The summed E-state index contributed by atoms with van der Waals surface area (Å²) in [5, 5.41) is 2.87. The second kappa shape index (κ2) is 7.17. The molecule has 1 amide bonds. The molecular weight excluding hydrogens is 331 g/mol. The standard InChI is InChI=1S/C19H18F3NO2/c20-19(21,22)15-8-5-13(6-9-15)7-10-18(24)23-11-14-12-25-17-4-2-1-3-16(14)17/h1-6,8-9,14H,7,10-12H2,(H,23,24). The quantitative estimate of drug-likeness (QED) is 0.888. The van der Waals surface area contributed by atoms with Crippen molar-refractivity contribution in [3.05, 3.63) is 65.2 Å². The minimum absolute atomic E-state index is 0.121. The summed E-state index contributed by atoms with van der Waals surface area (Å²) < 4.78 is 43.1. The van der Waals surface area contributed by atoms with Gasteiger partial charge < -0.3 is 10.1 Å². The molecule has 0 saturated carbocycles. The smallest absolute Gasteiger partial charge is 0.416 e. The fourth-order valence-electron chi connectivity index (χ4n) is 2.84. The van der Waals surface area contributed by atoms with E-state index in [0.717, 1.165) is 23.4 Å². The number of fused-ring (bicyclic) bond motifs is 1. The zero-order chi connectivity index (χ0) is 17.9. The van der Waals surface area contributed by atoms with Crippen molar-refractivity contribution in [2.45, 2.75) is 24.9 Å². The van der Waals surface area contributed by atoms with Crippen LogP contribution in [0.3, 0.4) is 0 Å². The van der Waals surface area contributed by atoms with Crippen LogP contribution in [-0.2, 0) is 17.4 Å². The summed E-state index contributed by atoms with van der Waals surface area (Å²) in [5.74, 6) is 0.863. The van der Waals surface area contributed by atoms with Gasteiger partial charge in [-0.15, -0.1) is 0 Å². The van der Waals surface area contributed by atoms with Gasteiger partial charge in [-0.25, -0.2) is 0 Å². The van der Waals surface area contributed by atoms with Gasteiger partial charge in [0, 0.05) is 24.4 Å². The maximum absolute atomic E-state index is 12.5. The Hall–Kier alpha value is -2.50. The second-order valence-electron chi connectivity index (χ2n) is 6.04. The Balaban J connectivity index is 1.46. The molecule has 1 aliphatic heterocycles. The maximum atomic E-state index is 12.5. The highest BCUT2D eigenvalue weighted by Gasteiger charge is 2.30. The number of hydrogen-bond acceptors (Lipinski definition) is 2. The third-order valence-corrected chi connectivity index (χ3v) is 4.27. The molecule has 0 bridgehead atoms. The number of carbonyl (C=O) groups excluding carboxylic acids is 1. The summed E-state index contributed by atoms with van der Waals surface area (Å²) in [6.45, 7) is 1.03. The molecule has 0 aromatic heterocycles. The SMILES string of the molecule is O=C(CCc1ccc(C(F)(F)F)cc1)NCC1COc2ccccc21. The highest BCUT2D eigenvalue weighted by Crippen LogP contribution is 2.33. The number of benzene rings is 2. The van der Waals surface area contributed by atoms with Crippen LogP contribution in [0.4, 0.5) is 13.2 Å². The van der Waals surface area contributed by atoms with Crippen molar-refractivity contribution in [2.24, 2.45) is 0 Å². The molecular formula is C19H18F3NO2. The van der Waals surface area contributed by atoms with Crippen LogP contribution in [0.2, 0.25) is 0 Å². The van der Waals surface area contributed by atoms with E-state index in [-0.39, 0.29) is 18.2 Å². The van der Waals surface area contributed by atoms with Gasteiger partial charge in [-0.3, -0.25) is 4.79 Å². The minimum Gasteiger partial charge on any atom is -0.493 e. The molecule has 6 heteroatoms. The van der Waals surface area contributed by atoms with Gasteiger partial charge in [-0.2, -0.15) is 13.2 Å². The molecule has 0 radical (unpaired) electrons. The Morgan fingerprint density at radius 1 is 1.12 bits per heavy atom. The van der Waals surface area contributed by atoms with E-state index in [1.807, 2.05) is 24.3 Å². The molecule has 0 saturated heterocycles. The van der Waals surface area contributed by atoms with Crippen LogP contribution in [0.15, 0.2) is 48.5 Å². The largest absolute Gasteiger partial charge is 0.493 e. The van der Waals surface area contributed by atoms with Crippen LogP contribution in [0.25, 0.3) is 0 Å². The Morgan fingerprint density at radius 2 is 1.84 bits per heavy atom. The fourth-order valence-corrected chi connectivity index (χ4v) is 2.84. The lowest BCUT2D eigenvalue weighted by Crippen LogP contribution is -2.29. The highest BCUT2D eigenvalue weighted by atomic mass is 19.4. The van der Waals surface area contributed by atoms with E-state index < -0.39 is 11.7 Å². The van der Waals surface area contributed by atoms with Crippen LogP contribution in [-0.4, -0.2) is 19.1 Å². The maximum Gasteiger partial charge on any atom is 0.416 e. The average Bonchev–Trinajstić information content (AvgIpc) is 3.01. The van der Waals surface area contributed by atoms with E-state index in [9.17, 15) is 18.0 Å². The van der Waals surface area contributed by atoms with Gasteiger partial charge in [0.05, 0.1) is 12.2 Å². The van der Waals surface area contributed by atoms with Gasteiger partial charge in [0.25, 0.3) is 0 Å². The lowest BCUT2D eigenvalue weighted by molar-refractivity contribution is -0.137. The molecule has 0 fully saturated rings. The van der Waals surface area contributed by atoms with E-state index in [0.29, 0.717) is 25.1 Å². The first-order valence-electron chi connectivity index (χ1n) is 8.08. The molecule has 0 spiro atoms. The molecule has 1 aliphatic rings. The zero-order valence-electron chi connectivity index (χ0n) is 13.5. The number of alkyl halides is 3. The van der Waals surface area contributed by atoms with Crippen LogP contribution < -0.4 is 10.1 Å². The van der Waals surface area contributed by atoms with Gasteiger partial charge in [-0.1, -0.05) is 30.3 Å². The van der Waals surface area contributed by atoms with Crippen LogP contribution in [0.5, 0.6) is 5.75 Å². The number of para-hydroxylation sites is 1. The van der Waals surface area contributed by atoms with Crippen LogP contribution in [0.1, 0.15) is 29.0 Å². The van der Waals surface area contributed by atoms with Gasteiger partial charge in [0.2, 0.25) is 5.91 Å². The summed E-state index contributed by atoms with van der Waals surface area (Å²) in [4.78, 5) is 12.0. The number of halogens is 3. The molecule has 1 unspecified atom stereocenters. The number of aryl methyl sites for hydroxylation is 1. The molecule has 25 heavy (non-hydrogen) atoms. The summed E-state index contributed by atoms with van der Waals surface area (Å²) in [6, 6.07) is 12.6. The molecule has 2 aromatic rings. The van der Waals surface area contributed by atoms with E-state index in [4.69, 9.17) is 4.74 Å². The molecule has 1 heterocycles. The van der Waals surface area contributed by atoms with E-state index >= 15 is 0 Å². The molecule has 1 N–H and O–H groups in total. The third kappa shape index (κ3) is 4.32. The average molecular weight is 349 g/mol. The van der Waals surface area contributed by atoms with Crippen LogP contribution in [0, 0.1) is 0 Å². The normalized spacial score (nSPS) is 16.2. The summed E-state index contributed by atoms with van der Waals surface area (Å²) in [6.07, 6.45) is -3.70. The lowest BCUT2D eigenvalue weighted by Gasteiger charge is -2.11. The minimum atomic E-state index is -4.34. The van der Waals surface area contributed by atoms with Gasteiger partial charge >= 0.3 is 6.18 Å². The lowest BCUT2D eigenvalue weighted by atomic mass is 10.0. The number of carbonyl (C=O) groups is 1. The predicted octanol–water partition coefficient (Wildman–Crippen LogP) is 3.93. The first-order valence-corrected chi connectivity index (χ1v) is 8.08. The Kier molecular flexibility index (Phi) is 4.97. The van der Waals surface area contributed by atoms with Crippen molar-refractivity contribution >= 4 is 5.91 Å². The number of ether oxygens (including phenoxy) is 1. The number of amides is 1. The first-order chi connectivity index (χ1) is 11.9. The summed E-state index contributed by atoms with van der Waals surface area (Å²) >= 11 is 0. The zero-order valence-corrected chi connectivity index (χ0v) is 13.5. The Labute approximate surface area is 143 Å². The second-order valence-corrected chi connectivity index (χ2v) is 6.04. The predicted molar refractivity (Wildman–Crippen MR) is 87.5 cm³/mol. The van der Waals surface area contributed by atoms with E-state index in [1.54, 1.807) is 0 Å². The van der Waals surface area contributed by atoms with Gasteiger partial charge in [-0.05, 0) is 30.2 Å². The fraction of sp³-hybridized carbons (Fsp3) is 0.316. The van der Waals surface area contributed by atoms with Crippen molar-refractivity contribution in [1.29, 1.82) is 0 Å². The molecule has 3 rings (SSSR count). The highest BCUT2D eigenvalue weighted by molar-refractivity contribution is 5.76. The Bertz CT molecular complexity index is 741. The van der Waals surface area contributed by atoms with Crippen molar-refractivity contribution in [1.82, 2.24) is 5.32 Å². The van der Waals surface area contributed by atoms with Crippen molar-refractivity contribution in [2.75, 3.05) is 13.2 Å². The number of nitrogens with one attached hydrogen (secondary N) is 1. The molecule has 132 valence electrons. The number of rotatable bonds is 5. The van der Waals surface area contributed by atoms with Gasteiger partial charge in [0.15, 0.2) is 0 Å². The van der Waals surface area contributed by atoms with Crippen LogP contribution >= 0.6 is 0 Å². The molecule has 1 atom stereocenters. The van der Waals surface area contributed by atoms with Gasteiger partial charge in [0.1, 0.15) is 5.75 Å². The van der Waals surface area contributed by atoms with Crippen molar-refractivity contribution in [3.63, 3.8) is 0 Å². The van der Waals surface area contributed by atoms with Crippen molar-refractivity contribution in [3.8, 4) is 5.75 Å². The monoisotopic (exact) mass is 349 g/mol. The number of hydrogen-bond donors (Lipinski definition) is 1. The summed E-state index contributed by atoms with van der Waals surface area (Å²) in [5.41, 5.74) is 1.11. The Morgan fingerprint density at radius 3 is 2.56 bits per heavy atom. The van der Waals surface area contributed by atoms with E-state index in [1.165, 1.54) is 12.1 Å². The molecule has 3 nitrogen and oxygen atoms in total. The molecule has 0 aliphatic carbocycles. The van der Waals surface area contributed by atoms with Crippen molar-refractivity contribution < 1.29 is 22.7 Å². The first kappa shape index (κ1) is 17.3. The third-order valence-electron chi connectivity index (χ3n) is 4.27.